The van der Waals surface area contributed by atoms with E-state index in [1.54, 1.807) is 30.8 Å². The molecule has 0 radical (unpaired) electrons. The SMILES string of the molecule is O=C1NC(=O)/C(=C\c2ccnc(NC3CCC(NCc4cccnc4-c4ccco4)CC3)n2)S1. The van der Waals surface area contributed by atoms with Gasteiger partial charge in [-0.1, -0.05) is 6.07 Å². The van der Waals surface area contributed by atoms with Crippen molar-refractivity contribution >= 4 is 34.9 Å². The predicted octanol–water partition coefficient (Wildman–Crippen LogP) is 3.97. The van der Waals surface area contributed by atoms with Crippen LogP contribution in [0, 0.1) is 0 Å². The van der Waals surface area contributed by atoms with Gasteiger partial charge in [0.15, 0.2) is 5.76 Å². The Labute approximate surface area is 200 Å². The Balaban J connectivity index is 1.13. The molecular weight excluding hydrogens is 452 g/mol. The first kappa shape index (κ1) is 22.3. The molecule has 3 N–H and O–H groups in total. The zero-order chi connectivity index (χ0) is 23.3. The predicted molar refractivity (Wildman–Crippen MR) is 130 cm³/mol. The van der Waals surface area contributed by atoms with Crippen LogP contribution >= 0.6 is 11.8 Å². The maximum atomic E-state index is 11.7. The van der Waals surface area contributed by atoms with E-state index < -0.39 is 5.91 Å². The van der Waals surface area contributed by atoms with Crippen molar-refractivity contribution in [3.63, 3.8) is 0 Å². The van der Waals surface area contributed by atoms with Crippen LogP contribution in [0.1, 0.15) is 36.9 Å². The third-order valence-corrected chi connectivity index (χ3v) is 6.70. The third-order valence-electron chi connectivity index (χ3n) is 5.89. The van der Waals surface area contributed by atoms with E-state index in [-0.39, 0.29) is 11.3 Å². The maximum absolute atomic E-state index is 11.7. The van der Waals surface area contributed by atoms with Crippen LogP contribution in [0.3, 0.4) is 0 Å². The van der Waals surface area contributed by atoms with Crippen LogP contribution in [0.4, 0.5) is 10.7 Å². The summed E-state index contributed by atoms with van der Waals surface area (Å²) in [6, 6.07) is 10.2. The number of thioether (sulfide) groups is 1. The molecular formula is C24H24N6O3S. The van der Waals surface area contributed by atoms with Crippen LogP contribution in [-0.4, -0.2) is 38.2 Å². The number of hydrogen-bond acceptors (Lipinski definition) is 9. The average Bonchev–Trinajstić information content (AvgIpc) is 3.49. The number of hydrogen-bond donors (Lipinski definition) is 3. The van der Waals surface area contributed by atoms with Gasteiger partial charge in [0.1, 0.15) is 5.69 Å². The highest BCUT2D eigenvalue weighted by Crippen LogP contribution is 2.26. The Morgan fingerprint density at radius 1 is 1.06 bits per heavy atom. The molecule has 4 heterocycles. The number of carbonyl (C=O) groups excluding carboxylic acids is 2. The second-order valence-electron chi connectivity index (χ2n) is 8.22. The second kappa shape index (κ2) is 10.2. The monoisotopic (exact) mass is 476 g/mol. The molecule has 0 spiro atoms. The number of amides is 2. The zero-order valence-electron chi connectivity index (χ0n) is 18.4. The fourth-order valence-electron chi connectivity index (χ4n) is 4.17. The first-order chi connectivity index (χ1) is 16.6. The Kier molecular flexibility index (Phi) is 6.68. The normalized spacial score (nSPS) is 21.6. The molecule has 9 nitrogen and oxygen atoms in total. The summed E-state index contributed by atoms with van der Waals surface area (Å²) in [4.78, 5) is 36.7. The highest BCUT2D eigenvalue weighted by atomic mass is 32.2. The molecule has 10 heteroatoms. The van der Waals surface area contributed by atoms with Gasteiger partial charge in [0.2, 0.25) is 5.95 Å². The number of anilines is 1. The van der Waals surface area contributed by atoms with Crippen molar-refractivity contribution in [1.82, 2.24) is 25.6 Å². The highest BCUT2D eigenvalue weighted by Gasteiger charge is 2.25. The highest BCUT2D eigenvalue weighted by molar-refractivity contribution is 8.18. The van der Waals surface area contributed by atoms with Gasteiger partial charge in [0.25, 0.3) is 11.1 Å². The third kappa shape index (κ3) is 5.35. The molecule has 5 rings (SSSR count). The molecule has 0 unspecified atom stereocenters. The summed E-state index contributed by atoms with van der Waals surface area (Å²) in [5, 5.41) is 8.96. The summed E-state index contributed by atoms with van der Waals surface area (Å²) >= 11 is 0.878. The van der Waals surface area contributed by atoms with Crippen molar-refractivity contribution in [3.05, 3.63) is 65.2 Å². The smallest absolute Gasteiger partial charge is 0.290 e. The van der Waals surface area contributed by atoms with Gasteiger partial charge in [0, 0.05) is 31.0 Å². The Morgan fingerprint density at radius 3 is 2.68 bits per heavy atom. The maximum Gasteiger partial charge on any atom is 0.290 e. The summed E-state index contributed by atoms with van der Waals surface area (Å²) < 4.78 is 5.53. The fourth-order valence-corrected chi connectivity index (χ4v) is 4.84. The molecule has 2 fully saturated rings. The molecule has 174 valence electrons. The van der Waals surface area contributed by atoms with E-state index in [0.717, 1.165) is 61.0 Å². The average molecular weight is 477 g/mol. The number of nitrogens with zero attached hydrogens (tertiary/aromatic N) is 3. The zero-order valence-corrected chi connectivity index (χ0v) is 19.2. The molecule has 1 aliphatic heterocycles. The number of aromatic nitrogens is 3. The standard InChI is InChI=1S/C24H24N6O3S/c31-22-20(34-24(32)30-22)13-18-9-11-26-23(29-18)28-17-7-5-16(6-8-17)27-14-15-3-1-10-25-21(15)19-4-2-12-33-19/h1-4,9-13,16-17,27H,5-8,14H2,(H,26,28,29)(H,30,31,32)/b20-13+. The molecule has 3 aromatic rings. The van der Waals surface area contributed by atoms with E-state index >= 15 is 0 Å². The molecule has 2 aliphatic rings. The molecule has 34 heavy (non-hydrogen) atoms. The lowest BCUT2D eigenvalue weighted by Crippen LogP contribution is -2.37. The van der Waals surface area contributed by atoms with E-state index in [0.29, 0.717) is 22.6 Å². The van der Waals surface area contributed by atoms with E-state index in [4.69, 9.17) is 4.42 Å². The summed E-state index contributed by atoms with van der Waals surface area (Å²) in [6.45, 7) is 0.737. The van der Waals surface area contributed by atoms with Crippen LogP contribution in [0.2, 0.25) is 0 Å². The minimum absolute atomic E-state index is 0.281. The van der Waals surface area contributed by atoms with Gasteiger partial charge < -0.3 is 15.1 Å². The van der Waals surface area contributed by atoms with Crippen LogP contribution < -0.4 is 16.0 Å². The Morgan fingerprint density at radius 2 is 1.91 bits per heavy atom. The van der Waals surface area contributed by atoms with E-state index in [1.807, 2.05) is 18.2 Å². The van der Waals surface area contributed by atoms with E-state index in [9.17, 15) is 9.59 Å². The Bertz CT molecular complexity index is 1200. The summed E-state index contributed by atoms with van der Waals surface area (Å²) in [7, 11) is 0. The number of rotatable bonds is 7. The molecule has 1 saturated carbocycles. The Hall–Kier alpha value is -3.50. The van der Waals surface area contributed by atoms with Gasteiger partial charge >= 0.3 is 0 Å². The van der Waals surface area contributed by atoms with Crippen LogP contribution in [-0.2, 0) is 11.3 Å². The molecule has 1 saturated heterocycles. The molecule has 1 aliphatic carbocycles. The number of imide groups is 1. The first-order valence-corrected chi connectivity index (χ1v) is 12.0. The topological polar surface area (TPSA) is 122 Å². The van der Waals surface area contributed by atoms with Crippen LogP contribution in [0.15, 0.2) is 58.3 Å². The minimum Gasteiger partial charge on any atom is -0.463 e. The van der Waals surface area contributed by atoms with Crippen LogP contribution in [0.25, 0.3) is 17.5 Å². The molecule has 0 aromatic carbocycles. The van der Waals surface area contributed by atoms with Gasteiger partial charge in [-0.15, -0.1) is 0 Å². The van der Waals surface area contributed by atoms with Crippen molar-refractivity contribution in [1.29, 1.82) is 0 Å². The van der Waals surface area contributed by atoms with E-state index in [2.05, 4.69) is 37.0 Å². The number of carbonyl (C=O) groups is 2. The van der Waals surface area contributed by atoms with Crippen molar-refractivity contribution < 1.29 is 14.0 Å². The van der Waals surface area contributed by atoms with Crippen molar-refractivity contribution in [2.45, 2.75) is 44.3 Å². The number of nitrogens with one attached hydrogen (secondary N) is 3. The van der Waals surface area contributed by atoms with Gasteiger partial charge in [-0.25, -0.2) is 9.97 Å². The lowest BCUT2D eigenvalue weighted by atomic mass is 9.91. The summed E-state index contributed by atoms with van der Waals surface area (Å²) in [6.07, 6.45) is 10.8. The minimum atomic E-state index is -0.392. The molecule has 2 amide bonds. The van der Waals surface area contributed by atoms with Gasteiger partial charge in [-0.3, -0.25) is 19.9 Å². The van der Waals surface area contributed by atoms with Gasteiger partial charge in [0.05, 0.1) is 16.9 Å². The quantitative estimate of drug-likeness (QED) is 0.435. The molecule has 0 atom stereocenters. The second-order valence-corrected chi connectivity index (χ2v) is 9.23. The van der Waals surface area contributed by atoms with Crippen LogP contribution in [0.5, 0.6) is 0 Å². The number of furan rings is 1. The molecule has 0 bridgehead atoms. The summed E-state index contributed by atoms with van der Waals surface area (Å²) in [5.74, 6) is 0.914. The van der Waals surface area contributed by atoms with Crippen molar-refractivity contribution in [3.8, 4) is 11.5 Å². The van der Waals surface area contributed by atoms with Gasteiger partial charge in [-0.05, 0) is 73.4 Å². The van der Waals surface area contributed by atoms with Gasteiger partial charge in [-0.2, -0.15) is 0 Å². The summed E-state index contributed by atoms with van der Waals surface area (Å²) in [5.41, 5.74) is 2.58. The molecule has 3 aromatic heterocycles. The fraction of sp³-hybridized carbons (Fsp3) is 0.292. The van der Waals surface area contributed by atoms with Crippen molar-refractivity contribution in [2.24, 2.45) is 0 Å². The first-order valence-electron chi connectivity index (χ1n) is 11.2. The largest absolute Gasteiger partial charge is 0.463 e. The lowest BCUT2D eigenvalue weighted by Gasteiger charge is -2.30. The number of pyridine rings is 1. The lowest BCUT2D eigenvalue weighted by molar-refractivity contribution is -0.115. The van der Waals surface area contributed by atoms with E-state index in [1.165, 1.54) is 0 Å². The van der Waals surface area contributed by atoms with Crippen molar-refractivity contribution in [2.75, 3.05) is 5.32 Å².